The summed E-state index contributed by atoms with van der Waals surface area (Å²) in [5.74, 6) is 2.38. The molecule has 1 aliphatic rings. The van der Waals surface area contributed by atoms with Gasteiger partial charge in [-0.2, -0.15) is 0 Å². The number of benzene rings is 1. The minimum atomic E-state index is 0.547. The van der Waals surface area contributed by atoms with E-state index in [1.807, 2.05) is 18.2 Å². The summed E-state index contributed by atoms with van der Waals surface area (Å²) in [5.41, 5.74) is 7.84. The molecule has 3 nitrogen and oxygen atoms in total. The summed E-state index contributed by atoms with van der Waals surface area (Å²) in [6.45, 7) is 4.63. The van der Waals surface area contributed by atoms with E-state index in [0.29, 0.717) is 6.04 Å². The Morgan fingerprint density at radius 1 is 1.39 bits per heavy atom. The second-order valence-electron chi connectivity index (χ2n) is 5.31. The van der Waals surface area contributed by atoms with Crippen molar-refractivity contribution in [2.24, 2.45) is 11.8 Å². The molecule has 1 fully saturated rings. The van der Waals surface area contributed by atoms with Crippen molar-refractivity contribution in [3.05, 3.63) is 18.2 Å². The maximum absolute atomic E-state index is 6.05. The Labute approximate surface area is 110 Å². The zero-order valence-corrected chi connectivity index (χ0v) is 11.6. The van der Waals surface area contributed by atoms with Gasteiger partial charge in [0.15, 0.2) is 0 Å². The molecule has 0 aromatic heterocycles. The lowest BCUT2D eigenvalue weighted by atomic mass is 9.93. The molecule has 1 aliphatic carbocycles. The number of nitrogens with two attached hydrogens (primary N) is 1. The molecule has 3 heteroatoms. The van der Waals surface area contributed by atoms with E-state index < -0.39 is 0 Å². The van der Waals surface area contributed by atoms with Crippen molar-refractivity contribution in [1.82, 2.24) is 0 Å². The summed E-state index contributed by atoms with van der Waals surface area (Å²) < 4.78 is 5.17. The van der Waals surface area contributed by atoms with Gasteiger partial charge in [-0.1, -0.05) is 20.3 Å². The van der Waals surface area contributed by atoms with Crippen molar-refractivity contribution in [2.75, 3.05) is 18.2 Å². The number of hydrogen-bond donors (Lipinski definition) is 2. The predicted molar refractivity (Wildman–Crippen MR) is 77.0 cm³/mol. The van der Waals surface area contributed by atoms with Crippen molar-refractivity contribution in [2.45, 2.75) is 39.2 Å². The Hall–Kier alpha value is -1.38. The number of nitrogens with one attached hydrogen (secondary N) is 1. The summed E-state index contributed by atoms with van der Waals surface area (Å²) in [6.07, 6.45) is 3.84. The van der Waals surface area contributed by atoms with Crippen molar-refractivity contribution in [3.8, 4) is 5.75 Å². The van der Waals surface area contributed by atoms with Gasteiger partial charge in [-0.15, -0.1) is 0 Å². The Kier molecular flexibility index (Phi) is 4.00. The Bertz CT molecular complexity index is 405. The van der Waals surface area contributed by atoms with Crippen molar-refractivity contribution < 1.29 is 4.74 Å². The second kappa shape index (κ2) is 5.51. The monoisotopic (exact) mass is 248 g/mol. The largest absolute Gasteiger partial charge is 0.497 e. The van der Waals surface area contributed by atoms with Gasteiger partial charge >= 0.3 is 0 Å². The van der Waals surface area contributed by atoms with Crippen molar-refractivity contribution in [3.63, 3.8) is 0 Å². The molecule has 1 saturated carbocycles. The minimum Gasteiger partial charge on any atom is -0.497 e. The first-order valence-corrected chi connectivity index (χ1v) is 6.85. The molecule has 0 heterocycles. The van der Waals surface area contributed by atoms with Crippen LogP contribution in [0.15, 0.2) is 18.2 Å². The molecule has 3 atom stereocenters. The first-order chi connectivity index (χ1) is 8.65. The van der Waals surface area contributed by atoms with Gasteiger partial charge in [0.25, 0.3) is 0 Å². The highest BCUT2D eigenvalue weighted by molar-refractivity contribution is 5.68. The van der Waals surface area contributed by atoms with Crippen LogP contribution in [0.5, 0.6) is 5.75 Å². The molecule has 3 unspecified atom stereocenters. The van der Waals surface area contributed by atoms with Crippen molar-refractivity contribution >= 4 is 11.4 Å². The summed E-state index contributed by atoms with van der Waals surface area (Å²) in [4.78, 5) is 0. The highest BCUT2D eigenvalue weighted by Crippen LogP contribution is 2.36. The van der Waals surface area contributed by atoms with E-state index in [9.17, 15) is 0 Å². The predicted octanol–water partition coefficient (Wildman–Crippen LogP) is 3.51. The maximum atomic E-state index is 6.05. The average Bonchev–Trinajstić information content (AvgIpc) is 2.73. The Morgan fingerprint density at radius 3 is 2.72 bits per heavy atom. The van der Waals surface area contributed by atoms with Gasteiger partial charge in [0, 0.05) is 12.1 Å². The number of anilines is 2. The molecule has 0 aliphatic heterocycles. The van der Waals surface area contributed by atoms with E-state index in [-0.39, 0.29) is 0 Å². The molecular weight excluding hydrogens is 224 g/mol. The van der Waals surface area contributed by atoms with Gasteiger partial charge < -0.3 is 15.8 Å². The van der Waals surface area contributed by atoms with Crippen LogP contribution in [-0.4, -0.2) is 13.2 Å². The Morgan fingerprint density at radius 2 is 2.17 bits per heavy atom. The molecule has 0 spiro atoms. The molecule has 2 rings (SSSR count). The van der Waals surface area contributed by atoms with E-state index in [1.54, 1.807) is 7.11 Å². The van der Waals surface area contributed by atoms with Gasteiger partial charge in [0.1, 0.15) is 5.75 Å². The van der Waals surface area contributed by atoms with Crippen LogP contribution in [-0.2, 0) is 0 Å². The van der Waals surface area contributed by atoms with Crippen LogP contribution in [0.4, 0.5) is 11.4 Å². The molecule has 0 saturated heterocycles. The van der Waals surface area contributed by atoms with Crippen molar-refractivity contribution in [1.29, 1.82) is 0 Å². The fourth-order valence-corrected chi connectivity index (χ4v) is 3.03. The van der Waals surface area contributed by atoms with Crippen LogP contribution in [0.25, 0.3) is 0 Å². The lowest BCUT2D eigenvalue weighted by molar-refractivity contribution is 0.392. The fraction of sp³-hybridized carbons (Fsp3) is 0.600. The average molecular weight is 248 g/mol. The van der Waals surface area contributed by atoms with Crippen LogP contribution in [0, 0.1) is 11.8 Å². The van der Waals surface area contributed by atoms with Gasteiger partial charge in [0.05, 0.1) is 18.5 Å². The smallest absolute Gasteiger partial charge is 0.121 e. The summed E-state index contributed by atoms with van der Waals surface area (Å²) >= 11 is 0. The lowest BCUT2D eigenvalue weighted by Crippen LogP contribution is -2.25. The molecule has 1 aromatic rings. The van der Waals surface area contributed by atoms with Crippen LogP contribution in [0.3, 0.4) is 0 Å². The molecule has 18 heavy (non-hydrogen) atoms. The zero-order valence-electron chi connectivity index (χ0n) is 11.6. The molecule has 0 amide bonds. The Balaban J connectivity index is 2.06. The van der Waals surface area contributed by atoms with E-state index in [2.05, 4.69) is 19.2 Å². The van der Waals surface area contributed by atoms with E-state index >= 15 is 0 Å². The maximum Gasteiger partial charge on any atom is 0.121 e. The molecule has 0 bridgehead atoms. The SMILES string of the molecule is CCC1CCC(Nc2ccc(OC)cc2N)C1C. The standard InChI is InChI=1S/C15H24N2O/c1-4-11-5-7-14(10(11)2)17-15-8-6-12(18-3)9-13(15)16/h6,8-11,14,17H,4-5,7,16H2,1-3H3. The molecule has 1 aromatic carbocycles. The molecular formula is C15H24N2O. The summed E-state index contributed by atoms with van der Waals surface area (Å²) in [5, 5.41) is 3.59. The third-order valence-electron chi connectivity index (χ3n) is 4.35. The van der Waals surface area contributed by atoms with Gasteiger partial charge in [0.2, 0.25) is 0 Å². The molecule has 100 valence electrons. The normalized spacial score (nSPS) is 27.2. The molecule has 3 N–H and O–H groups in total. The topological polar surface area (TPSA) is 47.3 Å². The second-order valence-corrected chi connectivity index (χ2v) is 5.31. The third-order valence-corrected chi connectivity index (χ3v) is 4.35. The van der Waals surface area contributed by atoms with E-state index in [0.717, 1.165) is 29.0 Å². The third kappa shape index (κ3) is 2.55. The van der Waals surface area contributed by atoms with Crippen LogP contribution in [0.1, 0.15) is 33.1 Å². The number of methoxy groups -OCH3 is 1. The van der Waals surface area contributed by atoms with E-state index in [4.69, 9.17) is 10.5 Å². The zero-order chi connectivity index (χ0) is 13.1. The van der Waals surface area contributed by atoms with Gasteiger partial charge in [-0.05, 0) is 36.8 Å². The first kappa shape index (κ1) is 13.1. The van der Waals surface area contributed by atoms with E-state index in [1.165, 1.54) is 19.3 Å². The highest BCUT2D eigenvalue weighted by Gasteiger charge is 2.31. The molecule has 0 radical (unpaired) electrons. The minimum absolute atomic E-state index is 0.547. The van der Waals surface area contributed by atoms with Gasteiger partial charge in [-0.25, -0.2) is 0 Å². The number of nitrogen functional groups attached to an aromatic ring is 1. The lowest BCUT2D eigenvalue weighted by Gasteiger charge is -2.23. The number of hydrogen-bond acceptors (Lipinski definition) is 3. The number of rotatable bonds is 4. The summed E-state index contributed by atoms with van der Waals surface area (Å²) in [7, 11) is 1.66. The number of ether oxygens (including phenoxy) is 1. The van der Waals surface area contributed by atoms with Crippen LogP contribution in [0.2, 0.25) is 0 Å². The van der Waals surface area contributed by atoms with Crippen LogP contribution < -0.4 is 15.8 Å². The fourth-order valence-electron chi connectivity index (χ4n) is 3.03. The van der Waals surface area contributed by atoms with Gasteiger partial charge in [-0.3, -0.25) is 0 Å². The van der Waals surface area contributed by atoms with Crippen LogP contribution >= 0.6 is 0 Å². The first-order valence-electron chi connectivity index (χ1n) is 6.85. The highest BCUT2D eigenvalue weighted by atomic mass is 16.5. The quantitative estimate of drug-likeness (QED) is 0.801. The summed E-state index contributed by atoms with van der Waals surface area (Å²) in [6, 6.07) is 6.39.